The van der Waals surface area contributed by atoms with E-state index in [1.807, 2.05) is 12.4 Å². The van der Waals surface area contributed by atoms with Gasteiger partial charge in [0.15, 0.2) is 0 Å². The number of hydrogen-bond acceptors (Lipinski definition) is 4. The van der Waals surface area contributed by atoms with Crippen molar-refractivity contribution in [2.75, 3.05) is 20.8 Å². The van der Waals surface area contributed by atoms with Crippen molar-refractivity contribution < 1.29 is 9.84 Å². The van der Waals surface area contributed by atoms with Crippen LogP contribution in [0.25, 0.3) is 16.5 Å². The Balaban J connectivity index is 2.18. The molecule has 1 aromatic carbocycles. The Kier molecular flexibility index (Phi) is 5.73. The Hall–Kier alpha value is -2.59. The van der Waals surface area contributed by atoms with Gasteiger partial charge in [-0.1, -0.05) is 47.3 Å². The van der Waals surface area contributed by atoms with Crippen LogP contribution >= 0.6 is 0 Å². The Bertz CT molecular complexity index is 1180. The van der Waals surface area contributed by atoms with Gasteiger partial charge in [-0.15, -0.1) is 0 Å². The van der Waals surface area contributed by atoms with Crippen molar-refractivity contribution >= 4 is 16.5 Å². The van der Waals surface area contributed by atoms with Crippen molar-refractivity contribution in [3.8, 4) is 0 Å². The van der Waals surface area contributed by atoms with Gasteiger partial charge in [0.05, 0.1) is 6.04 Å². The third-order valence-electron chi connectivity index (χ3n) is 7.37. The zero-order valence-electron chi connectivity index (χ0n) is 21.4. The van der Waals surface area contributed by atoms with Gasteiger partial charge in [-0.2, -0.15) is 0 Å². The summed E-state index contributed by atoms with van der Waals surface area (Å²) in [6, 6.07) is 4.23. The summed E-state index contributed by atoms with van der Waals surface area (Å²) < 4.78 is 5.48. The Morgan fingerprint density at radius 1 is 1.33 bits per heavy atom. The summed E-state index contributed by atoms with van der Waals surface area (Å²) in [5.41, 5.74) is 7.60. The van der Waals surface area contributed by atoms with E-state index in [-0.39, 0.29) is 28.5 Å². The van der Waals surface area contributed by atoms with Crippen LogP contribution in [0.15, 0.2) is 54.1 Å². The van der Waals surface area contributed by atoms with E-state index in [4.69, 9.17) is 4.74 Å². The molecule has 0 saturated carbocycles. The number of nitrogens with zero attached hydrogens (tertiary/aromatic N) is 2. The number of ether oxygens (including phenoxy) is 1. The van der Waals surface area contributed by atoms with Crippen LogP contribution in [0, 0.1) is 5.41 Å². The molecule has 0 spiro atoms. The number of hydrogen-bond donors (Lipinski definition) is 1. The molecule has 2 unspecified atom stereocenters. The summed E-state index contributed by atoms with van der Waals surface area (Å²) in [5, 5.41) is 13.2. The summed E-state index contributed by atoms with van der Waals surface area (Å²) in [6.45, 7) is 18.3. The molecule has 0 bridgehead atoms. The molecule has 1 aliphatic carbocycles. The zero-order valence-corrected chi connectivity index (χ0v) is 21.4. The van der Waals surface area contributed by atoms with Crippen LogP contribution in [-0.2, 0) is 10.2 Å². The van der Waals surface area contributed by atoms with Gasteiger partial charge < -0.3 is 14.7 Å². The third kappa shape index (κ3) is 3.69. The van der Waals surface area contributed by atoms with Crippen molar-refractivity contribution in [1.82, 2.24) is 9.88 Å². The van der Waals surface area contributed by atoms with Crippen LogP contribution in [0.2, 0.25) is 0 Å². The van der Waals surface area contributed by atoms with E-state index in [9.17, 15) is 5.11 Å². The van der Waals surface area contributed by atoms with E-state index >= 15 is 0 Å². The SMILES string of the molecule is C=C(O)C1C(CCOC)c2cc3cnccc3c3c2C(=C(C)/C(=C\C(C)(C)C)C3(C)C)N1C. The number of aliphatic hydroxyl groups is 1. The third-order valence-corrected chi connectivity index (χ3v) is 7.37. The fourth-order valence-electron chi connectivity index (χ4n) is 6.14. The zero-order chi connectivity index (χ0) is 24.3. The Morgan fingerprint density at radius 2 is 2.03 bits per heavy atom. The minimum Gasteiger partial charge on any atom is -0.511 e. The summed E-state index contributed by atoms with van der Waals surface area (Å²) in [7, 11) is 3.83. The largest absolute Gasteiger partial charge is 0.511 e. The second kappa shape index (κ2) is 8.02. The van der Waals surface area contributed by atoms with E-state index in [0.29, 0.717) is 6.61 Å². The summed E-state index contributed by atoms with van der Waals surface area (Å²) >= 11 is 0. The smallest absolute Gasteiger partial charge is 0.108 e. The molecule has 0 fully saturated rings. The summed E-state index contributed by atoms with van der Waals surface area (Å²) in [5.74, 6) is 0.273. The van der Waals surface area contributed by atoms with Crippen LogP contribution < -0.4 is 0 Å². The van der Waals surface area contributed by atoms with Crippen LogP contribution in [0.4, 0.5) is 0 Å². The average molecular weight is 447 g/mol. The maximum atomic E-state index is 10.8. The van der Waals surface area contributed by atoms with Crippen molar-refractivity contribution in [2.24, 2.45) is 5.41 Å². The predicted molar refractivity (Wildman–Crippen MR) is 137 cm³/mol. The lowest BCUT2D eigenvalue weighted by Crippen LogP contribution is -2.45. The number of aliphatic hydroxyl groups excluding tert-OH is 1. The van der Waals surface area contributed by atoms with Crippen molar-refractivity contribution in [1.29, 1.82) is 0 Å². The number of methoxy groups -OCH3 is 1. The molecule has 4 rings (SSSR count). The molecule has 1 aromatic heterocycles. The van der Waals surface area contributed by atoms with Gasteiger partial charge in [-0.25, -0.2) is 0 Å². The van der Waals surface area contributed by atoms with Gasteiger partial charge in [0.2, 0.25) is 0 Å². The predicted octanol–water partition coefficient (Wildman–Crippen LogP) is 6.74. The van der Waals surface area contributed by atoms with E-state index < -0.39 is 0 Å². The number of likely N-dealkylation sites (N-methyl/N-ethyl adjacent to an activating group) is 1. The van der Waals surface area contributed by atoms with Gasteiger partial charge in [-0.05, 0) is 58.6 Å². The molecule has 2 heterocycles. The lowest BCUT2D eigenvalue weighted by Gasteiger charge is -2.50. The quantitative estimate of drug-likeness (QED) is 0.529. The average Bonchev–Trinajstić information content (AvgIpc) is 2.72. The summed E-state index contributed by atoms with van der Waals surface area (Å²) in [6.07, 6.45) is 7.09. The van der Waals surface area contributed by atoms with Crippen LogP contribution in [0.1, 0.15) is 70.6 Å². The fraction of sp³-hybridized carbons (Fsp3) is 0.483. The lowest BCUT2D eigenvalue weighted by atomic mass is 9.62. The molecule has 0 amide bonds. The topological polar surface area (TPSA) is 45.6 Å². The molecule has 2 aromatic rings. The highest BCUT2D eigenvalue weighted by Gasteiger charge is 2.46. The lowest BCUT2D eigenvalue weighted by molar-refractivity contribution is 0.161. The van der Waals surface area contributed by atoms with E-state index in [2.05, 4.69) is 83.3 Å². The molecule has 0 saturated heterocycles. The van der Waals surface area contributed by atoms with Crippen molar-refractivity contribution in [2.45, 2.75) is 65.3 Å². The second-order valence-corrected chi connectivity index (χ2v) is 11.3. The monoisotopic (exact) mass is 446 g/mol. The highest BCUT2D eigenvalue weighted by Crippen LogP contribution is 2.56. The molecule has 1 N–H and O–H groups in total. The van der Waals surface area contributed by atoms with Gasteiger partial charge >= 0.3 is 0 Å². The number of benzene rings is 1. The maximum Gasteiger partial charge on any atom is 0.108 e. The van der Waals surface area contributed by atoms with Crippen LogP contribution in [-0.4, -0.2) is 41.8 Å². The molecule has 1 aliphatic heterocycles. The minimum absolute atomic E-state index is 0.0368. The molecule has 33 heavy (non-hydrogen) atoms. The van der Waals surface area contributed by atoms with E-state index in [1.54, 1.807) is 7.11 Å². The molecule has 2 aliphatic rings. The normalized spacial score (nSPS) is 23.3. The molecule has 4 nitrogen and oxygen atoms in total. The standard InChI is InChI=1S/C29H38N2O2/c1-17-23(15-28(3,4)5)29(6,7)25-20-10-12-30-16-19(20)14-22-21(11-13-33-9)27(18(2)32)31(8)26(17)24(22)25/h10,12,14-16,21,27,32H,2,11,13H2,1,3-9H3/b23-15+. The first kappa shape index (κ1) is 23.6. The maximum absolute atomic E-state index is 10.8. The number of rotatable bonds is 4. The molecular formula is C29H38N2O2. The number of pyridine rings is 1. The number of aromatic nitrogens is 1. The van der Waals surface area contributed by atoms with Crippen LogP contribution in [0.5, 0.6) is 0 Å². The Labute approximate surface area is 198 Å². The van der Waals surface area contributed by atoms with Crippen molar-refractivity contribution in [3.05, 3.63) is 70.8 Å². The first-order valence-corrected chi connectivity index (χ1v) is 11.9. The van der Waals surface area contributed by atoms with E-state index in [0.717, 1.165) is 11.8 Å². The molecule has 176 valence electrons. The molecular weight excluding hydrogens is 408 g/mol. The van der Waals surface area contributed by atoms with Gasteiger partial charge in [0.25, 0.3) is 0 Å². The fourth-order valence-corrected chi connectivity index (χ4v) is 6.14. The number of fused-ring (bicyclic) bond motifs is 2. The van der Waals surface area contributed by atoms with Crippen LogP contribution in [0.3, 0.4) is 0 Å². The second-order valence-electron chi connectivity index (χ2n) is 11.3. The van der Waals surface area contributed by atoms with Crippen molar-refractivity contribution in [3.63, 3.8) is 0 Å². The minimum atomic E-state index is -0.211. The highest BCUT2D eigenvalue weighted by atomic mass is 16.5. The number of allylic oxidation sites excluding steroid dienone is 3. The van der Waals surface area contributed by atoms with E-state index in [1.165, 1.54) is 38.9 Å². The molecule has 4 heteroatoms. The first-order chi connectivity index (χ1) is 15.4. The van der Waals surface area contributed by atoms with Gasteiger partial charge in [0, 0.05) is 61.1 Å². The van der Waals surface area contributed by atoms with Gasteiger partial charge in [0.1, 0.15) is 5.76 Å². The molecule has 2 atom stereocenters. The Morgan fingerprint density at radius 3 is 2.64 bits per heavy atom. The van der Waals surface area contributed by atoms with Gasteiger partial charge in [-0.3, -0.25) is 4.98 Å². The summed E-state index contributed by atoms with van der Waals surface area (Å²) in [4.78, 5) is 6.70. The molecule has 0 radical (unpaired) electrons. The first-order valence-electron chi connectivity index (χ1n) is 11.9. The highest BCUT2D eigenvalue weighted by molar-refractivity contribution is 5.97.